The van der Waals surface area contributed by atoms with E-state index >= 15 is 0 Å². The zero-order valence-electron chi connectivity index (χ0n) is 10.7. The Morgan fingerprint density at radius 2 is 2.21 bits per heavy atom. The Kier molecular flexibility index (Phi) is 3.23. The van der Waals surface area contributed by atoms with Gasteiger partial charge in [0.15, 0.2) is 5.78 Å². The molecule has 1 aromatic carbocycles. The molecule has 3 rings (SSSR count). The van der Waals surface area contributed by atoms with Crippen LogP contribution in [-0.2, 0) is 6.42 Å². The highest BCUT2D eigenvalue weighted by Gasteiger charge is 2.31. The van der Waals surface area contributed by atoms with Gasteiger partial charge in [-0.3, -0.25) is 9.78 Å². The number of aryl methyl sites for hydroxylation is 2. The van der Waals surface area contributed by atoms with Crippen LogP contribution in [0.5, 0.6) is 0 Å². The fourth-order valence-corrected chi connectivity index (χ4v) is 3.08. The Hall–Kier alpha value is -1.48. The second-order valence-electron chi connectivity index (χ2n) is 4.96. The number of halogens is 1. The van der Waals surface area contributed by atoms with Gasteiger partial charge in [-0.25, -0.2) is 0 Å². The van der Waals surface area contributed by atoms with E-state index in [9.17, 15) is 4.79 Å². The van der Waals surface area contributed by atoms with Crippen LogP contribution < -0.4 is 0 Å². The molecule has 0 fully saturated rings. The smallest absolute Gasteiger partial charge is 0.172 e. The number of rotatable bonds is 2. The van der Waals surface area contributed by atoms with Crippen molar-refractivity contribution in [2.45, 2.75) is 25.7 Å². The minimum absolute atomic E-state index is 0.0794. The summed E-state index contributed by atoms with van der Waals surface area (Å²) in [6.07, 6.45) is 3.60. The van der Waals surface area contributed by atoms with Gasteiger partial charge in [0.25, 0.3) is 0 Å². The normalized spacial score (nSPS) is 17.3. The molecule has 0 N–H and O–H groups in total. The molecule has 1 unspecified atom stereocenters. The molecule has 2 aromatic rings. The Labute approximate surface area is 121 Å². The summed E-state index contributed by atoms with van der Waals surface area (Å²) in [5.41, 5.74) is 4.01. The number of ketones is 1. The van der Waals surface area contributed by atoms with Crippen molar-refractivity contribution in [3.05, 3.63) is 63.4 Å². The summed E-state index contributed by atoms with van der Waals surface area (Å²) in [5.74, 6) is 0.112. The molecule has 0 amide bonds. The topological polar surface area (TPSA) is 30.0 Å². The third-order valence-electron chi connectivity index (χ3n) is 3.74. The Morgan fingerprint density at radius 1 is 1.37 bits per heavy atom. The Morgan fingerprint density at radius 3 is 3.05 bits per heavy atom. The van der Waals surface area contributed by atoms with Crippen molar-refractivity contribution in [2.24, 2.45) is 0 Å². The maximum absolute atomic E-state index is 12.7. The van der Waals surface area contributed by atoms with E-state index in [0.717, 1.165) is 34.1 Å². The third-order valence-corrected chi connectivity index (χ3v) is 4.23. The summed E-state index contributed by atoms with van der Waals surface area (Å²) in [5, 5.41) is 0. The van der Waals surface area contributed by atoms with Gasteiger partial charge in [-0.1, -0.05) is 28.1 Å². The standard InChI is InChI=1S/C16H14BrNO/c1-10-4-6-12(17)9-14(10)16(19)13-7-5-11-3-2-8-18-15(11)13/h2-4,6,8-9,13H,5,7H2,1H3. The number of hydrogen-bond acceptors (Lipinski definition) is 2. The predicted molar refractivity (Wildman–Crippen MR) is 78.5 cm³/mol. The van der Waals surface area contributed by atoms with E-state index in [0.29, 0.717) is 0 Å². The molecule has 1 aromatic heterocycles. The van der Waals surface area contributed by atoms with Gasteiger partial charge < -0.3 is 0 Å². The number of benzene rings is 1. The Balaban J connectivity index is 2.00. The minimum atomic E-state index is -0.0794. The molecule has 96 valence electrons. The molecule has 0 saturated carbocycles. The summed E-state index contributed by atoms with van der Waals surface area (Å²) in [7, 11) is 0. The van der Waals surface area contributed by atoms with Crippen LogP contribution in [-0.4, -0.2) is 10.8 Å². The number of fused-ring (bicyclic) bond motifs is 1. The molecule has 0 radical (unpaired) electrons. The lowest BCUT2D eigenvalue weighted by Gasteiger charge is -2.12. The lowest BCUT2D eigenvalue weighted by molar-refractivity contribution is 0.0957. The molecule has 0 spiro atoms. The van der Waals surface area contributed by atoms with Gasteiger partial charge >= 0.3 is 0 Å². The SMILES string of the molecule is Cc1ccc(Br)cc1C(=O)C1CCc2cccnc21. The first-order valence-electron chi connectivity index (χ1n) is 6.41. The second-order valence-corrected chi connectivity index (χ2v) is 5.88. The maximum atomic E-state index is 12.7. The van der Waals surface area contributed by atoms with Gasteiger partial charge in [0.1, 0.15) is 0 Å². The molecule has 0 saturated heterocycles. The monoisotopic (exact) mass is 315 g/mol. The van der Waals surface area contributed by atoms with Crippen molar-refractivity contribution in [1.29, 1.82) is 0 Å². The van der Waals surface area contributed by atoms with E-state index < -0.39 is 0 Å². The number of hydrogen-bond donors (Lipinski definition) is 0. The quantitative estimate of drug-likeness (QED) is 0.782. The van der Waals surface area contributed by atoms with Gasteiger partial charge in [-0.05, 0) is 49.1 Å². The number of pyridine rings is 1. The zero-order chi connectivity index (χ0) is 13.4. The summed E-state index contributed by atoms with van der Waals surface area (Å²) in [6, 6.07) is 9.87. The van der Waals surface area contributed by atoms with Crippen LogP contribution in [0.25, 0.3) is 0 Å². The molecule has 0 aliphatic heterocycles. The summed E-state index contributed by atoms with van der Waals surface area (Å²) in [4.78, 5) is 17.1. The highest BCUT2D eigenvalue weighted by molar-refractivity contribution is 9.10. The maximum Gasteiger partial charge on any atom is 0.172 e. The molecule has 19 heavy (non-hydrogen) atoms. The van der Waals surface area contributed by atoms with Gasteiger partial charge in [0.2, 0.25) is 0 Å². The van der Waals surface area contributed by atoms with Crippen molar-refractivity contribution >= 4 is 21.7 Å². The van der Waals surface area contributed by atoms with Crippen molar-refractivity contribution in [2.75, 3.05) is 0 Å². The van der Waals surface area contributed by atoms with E-state index in [1.165, 1.54) is 5.56 Å². The first-order chi connectivity index (χ1) is 9.16. The van der Waals surface area contributed by atoms with E-state index in [1.54, 1.807) is 6.20 Å². The van der Waals surface area contributed by atoms with Crippen molar-refractivity contribution in [1.82, 2.24) is 4.98 Å². The molecular weight excluding hydrogens is 302 g/mol. The number of carbonyl (C=O) groups is 1. The van der Waals surface area contributed by atoms with E-state index in [4.69, 9.17) is 0 Å². The molecule has 1 aliphatic carbocycles. The molecule has 0 bridgehead atoms. The van der Waals surface area contributed by atoms with Gasteiger partial charge in [-0.2, -0.15) is 0 Å². The van der Waals surface area contributed by atoms with E-state index in [1.807, 2.05) is 31.2 Å². The lowest BCUT2D eigenvalue weighted by Crippen LogP contribution is -2.12. The summed E-state index contributed by atoms with van der Waals surface area (Å²) < 4.78 is 0.945. The van der Waals surface area contributed by atoms with Gasteiger partial charge in [0.05, 0.1) is 11.6 Å². The zero-order valence-corrected chi connectivity index (χ0v) is 12.3. The average molecular weight is 316 g/mol. The highest BCUT2D eigenvalue weighted by atomic mass is 79.9. The number of aromatic nitrogens is 1. The van der Waals surface area contributed by atoms with Crippen molar-refractivity contribution < 1.29 is 4.79 Å². The fourth-order valence-electron chi connectivity index (χ4n) is 2.72. The number of carbonyl (C=O) groups excluding carboxylic acids is 1. The van der Waals surface area contributed by atoms with Crippen LogP contribution in [0.1, 0.15) is 39.5 Å². The molecule has 1 heterocycles. The van der Waals surface area contributed by atoms with Gasteiger partial charge in [-0.15, -0.1) is 0 Å². The molecule has 3 heteroatoms. The van der Waals surface area contributed by atoms with Gasteiger partial charge in [0, 0.05) is 16.2 Å². The molecule has 2 nitrogen and oxygen atoms in total. The molecule has 1 atom stereocenters. The molecular formula is C16H14BrNO. The van der Waals surface area contributed by atoms with Crippen LogP contribution >= 0.6 is 15.9 Å². The first kappa shape index (κ1) is 12.5. The average Bonchev–Trinajstić information content (AvgIpc) is 2.84. The third kappa shape index (κ3) is 2.23. The minimum Gasteiger partial charge on any atom is -0.293 e. The number of Topliss-reactive ketones (excluding diaryl/α,β-unsaturated/α-hetero) is 1. The van der Waals surface area contributed by atoms with Crippen molar-refractivity contribution in [3.8, 4) is 0 Å². The van der Waals surface area contributed by atoms with Crippen molar-refractivity contribution in [3.63, 3.8) is 0 Å². The number of nitrogens with zero attached hydrogens (tertiary/aromatic N) is 1. The van der Waals surface area contributed by atoms with E-state index in [2.05, 4.69) is 27.0 Å². The lowest BCUT2D eigenvalue weighted by atomic mass is 9.93. The highest BCUT2D eigenvalue weighted by Crippen LogP contribution is 2.34. The molecule has 1 aliphatic rings. The Bertz CT molecular complexity index is 651. The van der Waals surface area contributed by atoms with Crippen LogP contribution in [0.2, 0.25) is 0 Å². The summed E-state index contributed by atoms with van der Waals surface area (Å²) >= 11 is 3.44. The van der Waals surface area contributed by atoms with Crippen LogP contribution in [0.15, 0.2) is 41.0 Å². The van der Waals surface area contributed by atoms with Crippen LogP contribution in [0, 0.1) is 6.92 Å². The second kappa shape index (κ2) is 4.89. The first-order valence-corrected chi connectivity index (χ1v) is 7.20. The van der Waals surface area contributed by atoms with Crippen LogP contribution in [0.4, 0.5) is 0 Å². The van der Waals surface area contributed by atoms with E-state index in [-0.39, 0.29) is 11.7 Å². The van der Waals surface area contributed by atoms with Crippen LogP contribution in [0.3, 0.4) is 0 Å². The summed E-state index contributed by atoms with van der Waals surface area (Å²) in [6.45, 7) is 1.98. The predicted octanol–water partition coefficient (Wildman–Crippen LogP) is 4.07. The largest absolute Gasteiger partial charge is 0.293 e. The fraction of sp³-hybridized carbons (Fsp3) is 0.250.